The Balaban J connectivity index is 2.28. The molecule has 2 aromatic heterocycles. The number of ether oxygens (including phenoxy) is 1. The number of aromatic nitrogens is 2. The Morgan fingerprint density at radius 1 is 1.11 bits per heavy atom. The smallest absolute Gasteiger partial charge is 0.153 e. The van der Waals surface area contributed by atoms with Crippen LogP contribution in [-0.2, 0) is 5.41 Å². The van der Waals surface area contributed by atoms with Crippen molar-refractivity contribution in [1.82, 2.24) is 9.97 Å². The molecule has 0 radical (unpaired) electrons. The maximum atomic E-state index is 5.78. The van der Waals surface area contributed by atoms with Gasteiger partial charge in [-0.3, -0.25) is 9.97 Å². The van der Waals surface area contributed by atoms with Gasteiger partial charge >= 0.3 is 0 Å². The highest BCUT2D eigenvalue weighted by molar-refractivity contribution is 5.51. The first kappa shape index (κ1) is 12.4. The van der Waals surface area contributed by atoms with Crippen LogP contribution in [0.1, 0.15) is 26.3 Å². The number of pyridine rings is 2. The standard InChI is InChI=1S/C14H17N3O/c1-14(2,3)10-6-11(8-17-7-10)18-13-4-5-16-9-12(13)15/h4-9H,15H2,1-3H3. The summed E-state index contributed by atoms with van der Waals surface area (Å²) >= 11 is 0. The van der Waals surface area contributed by atoms with Gasteiger partial charge in [-0.05, 0) is 17.0 Å². The Hall–Kier alpha value is -2.10. The van der Waals surface area contributed by atoms with Gasteiger partial charge in [-0.15, -0.1) is 0 Å². The van der Waals surface area contributed by atoms with Crippen LogP contribution in [0.5, 0.6) is 11.5 Å². The summed E-state index contributed by atoms with van der Waals surface area (Å²) in [7, 11) is 0. The monoisotopic (exact) mass is 243 g/mol. The fraction of sp³-hybridized carbons (Fsp3) is 0.286. The predicted molar refractivity (Wildman–Crippen MR) is 71.7 cm³/mol. The van der Waals surface area contributed by atoms with Crippen LogP contribution in [0.4, 0.5) is 5.69 Å². The van der Waals surface area contributed by atoms with E-state index < -0.39 is 0 Å². The van der Waals surface area contributed by atoms with Gasteiger partial charge in [0, 0.05) is 18.5 Å². The summed E-state index contributed by atoms with van der Waals surface area (Å²) in [6.07, 6.45) is 6.74. The van der Waals surface area contributed by atoms with Crippen molar-refractivity contribution in [2.75, 3.05) is 5.73 Å². The van der Waals surface area contributed by atoms with Crippen LogP contribution < -0.4 is 10.5 Å². The third-order valence-corrected chi connectivity index (χ3v) is 2.62. The molecule has 0 saturated heterocycles. The van der Waals surface area contributed by atoms with Gasteiger partial charge in [0.1, 0.15) is 5.75 Å². The molecule has 0 saturated carbocycles. The predicted octanol–water partition coefficient (Wildman–Crippen LogP) is 3.15. The van der Waals surface area contributed by atoms with Crippen molar-refractivity contribution in [2.45, 2.75) is 26.2 Å². The minimum absolute atomic E-state index is 0.0379. The van der Waals surface area contributed by atoms with E-state index in [1.165, 1.54) is 0 Å². The van der Waals surface area contributed by atoms with Crippen LogP contribution in [0.25, 0.3) is 0 Å². The quantitative estimate of drug-likeness (QED) is 0.880. The molecule has 2 aromatic rings. The van der Waals surface area contributed by atoms with Crippen molar-refractivity contribution in [3.05, 3.63) is 42.5 Å². The lowest BCUT2D eigenvalue weighted by molar-refractivity contribution is 0.477. The highest BCUT2D eigenvalue weighted by Crippen LogP contribution is 2.29. The van der Waals surface area contributed by atoms with E-state index in [-0.39, 0.29) is 5.41 Å². The second-order valence-electron chi connectivity index (χ2n) is 5.17. The largest absolute Gasteiger partial charge is 0.453 e. The van der Waals surface area contributed by atoms with Gasteiger partial charge < -0.3 is 10.5 Å². The summed E-state index contributed by atoms with van der Waals surface area (Å²) in [4.78, 5) is 8.12. The van der Waals surface area contributed by atoms with E-state index in [9.17, 15) is 0 Å². The Morgan fingerprint density at radius 2 is 1.89 bits per heavy atom. The summed E-state index contributed by atoms with van der Waals surface area (Å²) in [5.41, 5.74) is 7.45. The number of nitrogens with zero attached hydrogens (tertiary/aromatic N) is 2. The number of anilines is 1. The van der Waals surface area contributed by atoms with Crippen LogP contribution in [0.2, 0.25) is 0 Å². The second-order valence-corrected chi connectivity index (χ2v) is 5.17. The molecule has 0 bridgehead atoms. The maximum Gasteiger partial charge on any atom is 0.153 e. The molecule has 4 heteroatoms. The Morgan fingerprint density at radius 3 is 2.56 bits per heavy atom. The van der Waals surface area contributed by atoms with Gasteiger partial charge in [0.15, 0.2) is 5.75 Å². The molecule has 94 valence electrons. The van der Waals surface area contributed by atoms with E-state index in [1.807, 2.05) is 12.3 Å². The van der Waals surface area contributed by atoms with E-state index in [4.69, 9.17) is 10.5 Å². The molecule has 0 aliphatic rings. The fourth-order valence-electron chi connectivity index (χ4n) is 1.50. The van der Waals surface area contributed by atoms with Crippen LogP contribution in [-0.4, -0.2) is 9.97 Å². The lowest BCUT2D eigenvalue weighted by atomic mass is 9.88. The van der Waals surface area contributed by atoms with Crippen LogP contribution >= 0.6 is 0 Å². The molecule has 0 amide bonds. The molecule has 18 heavy (non-hydrogen) atoms. The van der Waals surface area contributed by atoms with E-state index >= 15 is 0 Å². The number of nitrogen functional groups attached to an aromatic ring is 1. The maximum absolute atomic E-state index is 5.78. The first-order valence-electron chi connectivity index (χ1n) is 5.80. The van der Waals surface area contributed by atoms with Gasteiger partial charge in [0.05, 0.1) is 18.1 Å². The van der Waals surface area contributed by atoms with Crippen molar-refractivity contribution in [2.24, 2.45) is 0 Å². The first-order valence-corrected chi connectivity index (χ1v) is 5.80. The average Bonchev–Trinajstić information content (AvgIpc) is 2.31. The minimum atomic E-state index is 0.0379. The van der Waals surface area contributed by atoms with Crippen molar-refractivity contribution in [1.29, 1.82) is 0 Å². The highest BCUT2D eigenvalue weighted by atomic mass is 16.5. The minimum Gasteiger partial charge on any atom is -0.453 e. The molecule has 4 nitrogen and oxygen atoms in total. The first-order chi connectivity index (χ1) is 8.47. The Kier molecular flexibility index (Phi) is 3.19. The van der Waals surface area contributed by atoms with Crippen LogP contribution in [0, 0.1) is 0 Å². The molecule has 2 N–H and O–H groups in total. The van der Waals surface area contributed by atoms with Crippen molar-refractivity contribution >= 4 is 5.69 Å². The Bertz CT molecular complexity index is 547. The number of nitrogens with two attached hydrogens (primary N) is 1. The van der Waals surface area contributed by atoms with E-state index in [2.05, 4.69) is 30.7 Å². The van der Waals surface area contributed by atoms with Crippen LogP contribution in [0.15, 0.2) is 36.9 Å². The molecule has 0 aliphatic heterocycles. The molecular weight excluding hydrogens is 226 g/mol. The van der Waals surface area contributed by atoms with E-state index in [0.29, 0.717) is 17.2 Å². The zero-order valence-electron chi connectivity index (χ0n) is 10.8. The lowest BCUT2D eigenvalue weighted by Crippen LogP contribution is -2.11. The van der Waals surface area contributed by atoms with Crippen molar-refractivity contribution in [3.63, 3.8) is 0 Å². The van der Waals surface area contributed by atoms with Gasteiger partial charge in [0.25, 0.3) is 0 Å². The normalized spacial score (nSPS) is 11.3. The molecule has 0 atom stereocenters. The van der Waals surface area contributed by atoms with E-state index in [1.54, 1.807) is 24.7 Å². The summed E-state index contributed by atoms with van der Waals surface area (Å²) in [6, 6.07) is 3.71. The summed E-state index contributed by atoms with van der Waals surface area (Å²) in [5.74, 6) is 1.28. The summed E-state index contributed by atoms with van der Waals surface area (Å²) < 4.78 is 5.72. The van der Waals surface area contributed by atoms with Crippen molar-refractivity contribution in [3.8, 4) is 11.5 Å². The van der Waals surface area contributed by atoms with Gasteiger partial charge in [-0.25, -0.2) is 0 Å². The third-order valence-electron chi connectivity index (χ3n) is 2.62. The summed E-state index contributed by atoms with van der Waals surface area (Å²) in [5, 5.41) is 0. The Labute approximate surface area is 107 Å². The number of hydrogen-bond donors (Lipinski definition) is 1. The molecule has 2 rings (SSSR count). The fourth-order valence-corrected chi connectivity index (χ4v) is 1.50. The average molecular weight is 243 g/mol. The zero-order chi connectivity index (χ0) is 13.2. The zero-order valence-corrected chi connectivity index (χ0v) is 10.8. The molecule has 0 unspecified atom stereocenters. The summed E-state index contributed by atoms with van der Waals surface area (Å²) in [6.45, 7) is 6.40. The van der Waals surface area contributed by atoms with Crippen molar-refractivity contribution < 1.29 is 4.74 Å². The molecule has 0 aromatic carbocycles. The third kappa shape index (κ3) is 2.77. The topological polar surface area (TPSA) is 61.0 Å². The molecule has 0 spiro atoms. The van der Waals surface area contributed by atoms with E-state index in [0.717, 1.165) is 5.56 Å². The molecular formula is C14H17N3O. The van der Waals surface area contributed by atoms with Gasteiger partial charge in [0.2, 0.25) is 0 Å². The van der Waals surface area contributed by atoms with Gasteiger partial charge in [-0.2, -0.15) is 0 Å². The number of rotatable bonds is 2. The molecule has 0 aliphatic carbocycles. The second kappa shape index (κ2) is 4.64. The van der Waals surface area contributed by atoms with Crippen LogP contribution in [0.3, 0.4) is 0 Å². The number of hydrogen-bond acceptors (Lipinski definition) is 4. The molecule has 0 fully saturated rings. The SMILES string of the molecule is CC(C)(C)c1cncc(Oc2ccncc2N)c1. The lowest BCUT2D eigenvalue weighted by Gasteiger charge is -2.19. The van der Waals surface area contributed by atoms with Gasteiger partial charge in [-0.1, -0.05) is 20.8 Å². The molecule has 2 heterocycles. The highest BCUT2D eigenvalue weighted by Gasteiger charge is 2.15.